The van der Waals surface area contributed by atoms with Crippen molar-refractivity contribution in [1.82, 2.24) is 0 Å². The van der Waals surface area contributed by atoms with Crippen LogP contribution >= 0.6 is 11.3 Å². The summed E-state index contributed by atoms with van der Waals surface area (Å²) in [5, 5.41) is 3.32. The Kier molecular flexibility index (Phi) is 2.84. The van der Waals surface area contributed by atoms with E-state index in [9.17, 15) is 9.59 Å². The van der Waals surface area contributed by atoms with Crippen molar-refractivity contribution >= 4 is 29.0 Å². The molecule has 4 heteroatoms. The minimum Gasteiger partial charge on any atom is -0.320 e. The Morgan fingerprint density at radius 1 is 1.38 bits per heavy atom. The third kappa shape index (κ3) is 1.89. The second-order valence-corrected chi connectivity index (χ2v) is 6.07. The van der Waals surface area contributed by atoms with E-state index in [0.717, 1.165) is 31.1 Å². The van der Waals surface area contributed by atoms with E-state index in [1.54, 1.807) is 0 Å². The van der Waals surface area contributed by atoms with E-state index in [0.29, 0.717) is 17.0 Å². The molecule has 3 nitrogen and oxygen atoms in total. The largest absolute Gasteiger partial charge is 0.320 e. The lowest BCUT2D eigenvalue weighted by Crippen LogP contribution is -2.21. The van der Waals surface area contributed by atoms with Gasteiger partial charge in [0.25, 0.3) is 0 Å². The number of aldehydes is 1. The minimum atomic E-state index is 0.254. The molecule has 1 aliphatic rings. The normalized spacial score (nSPS) is 17.6. The molecule has 1 aromatic rings. The summed E-state index contributed by atoms with van der Waals surface area (Å²) in [4.78, 5) is 22.8. The van der Waals surface area contributed by atoms with E-state index >= 15 is 0 Å². The molecule has 0 aliphatic heterocycles. The van der Waals surface area contributed by atoms with Gasteiger partial charge in [-0.05, 0) is 30.2 Å². The Morgan fingerprint density at radius 3 is 2.75 bits per heavy atom. The lowest BCUT2D eigenvalue weighted by atomic mass is 9.76. The molecular weight excluding hydrogens is 222 g/mol. The molecule has 0 aromatic carbocycles. The van der Waals surface area contributed by atoms with Gasteiger partial charge >= 0.3 is 0 Å². The van der Waals surface area contributed by atoms with E-state index in [-0.39, 0.29) is 5.41 Å². The number of amides is 1. The highest BCUT2D eigenvalue weighted by Crippen LogP contribution is 2.42. The first kappa shape index (κ1) is 11.3. The summed E-state index contributed by atoms with van der Waals surface area (Å²) in [5.74, 6) is 0. The standard InChI is InChI=1S/C12H15NO2S/c1-12(2)4-3-10-8(5-12)9(6-14)11(16-10)13-7-15/h6-7H,3-5H2,1-2H3,(H,13,15). The average molecular weight is 237 g/mol. The van der Waals surface area contributed by atoms with Gasteiger partial charge in [0.1, 0.15) is 5.00 Å². The molecule has 0 saturated heterocycles. The van der Waals surface area contributed by atoms with Crippen molar-refractivity contribution in [1.29, 1.82) is 0 Å². The number of thiophene rings is 1. The van der Waals surface area contributed by atoms with Gasteiger partial charge in [-0.25, -0.2) is 0 Å². The van der Waals surface area contributed by atoms with Gasteiger partial charge in [-0.15, -0.1) is 11.3 Å². The fourth-order valence-corrected chi connectivity index (χ4v) is 3.37. The lowest BCUT2D eigenvalue weighted by Gasteiger charge is -2.29. The summed E-state index contributed by atoms with van der Waals surface area (Å²) in [6.45, 7) is 4.43. The Balaban J connectivity index is 2.45. The van der Waals surface area contributed by atoms with Crippen LogP contribution in [0.1, 0.15) is 41.1 Å². The van der Waals surface area contributed by atoms with Gasteiger partial charge in [-0.1, -0.05) is 13.8 Å². The zero-order chi connectivity index (χ0) is 11.8. The van der Waals surface area contributed by atoms with Crippen molar-refractivity contribution < 1.29 is 9.59 Å². The molecule has 0 bridgehead atoms. The second-order valence-electron chi connectivity index (χ2n) is 4.97. The topological polar surface area (TPSA) is 46.2 Å². The SMILES string of the molecule is CC1(C)CCc2sc(NC=O)c(C=O)c2C1. The van der Waals surface area contributed by atoms with E-state index < -0.39 is 0 Å². The molecule has 0 saturated carbocycles. The average Bonchev–Trinajstić information content (AvgIpc) is 2.54. The number of nitrogens with one attached hydrogen (secondary N) is 1. The summed E-state index contributed by atoms with van der Waals surface area (Å²) in [5.41, 5.74) is 2.07. The number of carbonyl (C=O) groups is 2. The third-order valence-electron chi connectivity index (χ3n) is 3.12. The molecular formula is C12H15NO2S. The summed E-state index contributed by atoms with van der Waals surface area (Å²) >= 11 is 1.54. The molecule has 1 aromatic heterocycles. The zero-order valence-electron chi connectivity index (χ0n) is 9.50. The van der Waals surface area contributed by atoms with Crippen molar-refractivity contribution in [2.75, 3.05) is 5.32 Å². The van der Waals surface area contributed by atoms with Crippen LogP contribution in [0.4, 0.5) is 5.00 Å². The maximum absolute atomic E-state index is 11.1. The number of aryl methyl sites for hydroxylation is 1. The molecule has 86 valence electrons. The Labute approximate surface area is 98.9 Å². The van der Waals surface area contributed by atoms with Gasteiger partial charge < -0.3 is 5.32 Å². The molecule has 0 atom stereocenters. The monoisotopic (exact) mass is 237 g/mol. The maximum atomic E-state index is 11.1. The lowest BCUT2D eigenvalue weighted by molar-refractivity contribution is -0.105. The third-order valence-corrected chi connectivity index (χ3v) is 4.36. The molecule has 1 N–H and O–H groups in total. The van der Waals surface area contributed by atoms with Gasteiger partial charge in [0.2, 0.25) is 6.41 Å². The predicted octanol–water partition coefficient (Wildman–Crippen LogP) is 2.64. The highest BCUT2D eigenvalue weighted by atomic mass is 32.1. The van der Waals surface area contributed by atoms with Gasteiger partial charge in [-0.3, -0.25) is 9.59 Å². The van der Waals surface area contributed by atoms with Gasteiger partial charge in [0.05, 0.1) is 5.56 Å². The van der Waals surface area contributed by atoms with E-state index in [1.807, 2.05) is 0 Å². The first-order chi connectivity index (χ1) is 7.57. The summed E-state index contributed by atoms with van der Waals surface area (Å²) in [7, 11) is 0. The van der Waals surface area contributed by atoms with E-state index in [1.165, 1.54) is 16.2 Å². The molecule has 1 aliphatic carbocycles. The number of hydrogen-bond donors (Lipinski definition) is 1. The van der Waals surface area contributed by atoms with Gasteiger partial charge in [0, 0.05) is 4.88 Å². The number of fused-ring (bicyclic) bond motifs is 1. The molecule has 0 spiro atoms. The Bertz CT molecular complexity index is 434. The van der Waals surface area contributed by atoms with Crippen LogP contribution in [-0.4, -0.2) is 12.7 Å². The molecule has 2 rings (SSSR count). The number of rotatable bonds is 3. The summed E-state index contributed by atoms with van der Waals surface area (Å²) in [6.07, 6.45) is 4.57. The maximum Gasteiger partial charge on any atom is 0.212 e. The molecule has 0 fully saturated rings. The van der Waals surface area contributed by atoms with E-state index in [4.69, 9.17) is 0 Å². The van der Waals surface area contributed by atoms with E-state index in [2.05, 4.69) is 19.2 Å². The van der Waals surface area contributed by atoms with Crippen molar-refractivity contribution in [3.05, 3.63) is 16.0 Å². The highest BCUT2D eigenvalue weighted by Gasteiger charge is 2.30. The van der Waals surface area contributed by atoms with Crippen molar-refractivity contribution in [3.63, 3.8) is 0 Å². The first-order valence-corrected chi connectivity index (χ1v) is 6.19. The molecule has 1 heterocycles. The van der Waals surface area contributed by atoms with Crippen LogP contribution in [-0.2, 0) is 17.6 Å². The van der Waals surface area contributed by atoms with Crippen LogP contribution in [0.3, 0.4) is 0 Å². The predicted molar refractivity (Wildman–Crippen MR) is 65.2 cm³/mol. The summed E-state index contributed by atoms with van der Waals surface area (Å²) < 4.78 is 0. The Hall–Kier alpha value is -1.16. The van der Waals surface area contributed by atoms with Crippen molar-refractivity contribution in [3.8, 4) is 0 Å². The van der Waals surface area contributed by atoms with Crippen LogP contribution in [0.2, 0.25) is 0 Å². The highest BCUT2D eigenvalue weighted by molar-refractivity contribution is 7.16. The van der Waals surface area contributed by atoms with Crippen molar-refractivity contribution in [2.45, 2.75) is 33.1 Å². The van der Waals surface area contributed by atoms with Crippen LogP contribution in [0, 0.1) is 5.41 Å². The smallest absolute Gasteiger partial charge is 0.212 e. The van der Waals surface area contributed by atoms with Crippen LogP contribution in [0.5, 0.6) is 0 Å². The van der Waals surface area contributed by atoms with Gasteiger partial charge in [-0.2, -0.15) is 0 Å². The fraction of sp³-hybridized carbons (Fsp3) is 0.500. The molecule has 0 unspecified atom stereocenters. The fourth-order valence-electron chi connectivity index (χ4n) is 2.23. The molecule has 16 heavy (non-hydrogen) atoms. The van der Waals surface area contributed by atoms with Crippen LogP contribution in [0.25, 0.3) is 0 Å². The van der Waals surface area contributed by atoms with Crippen molar-refractivity contribution in [2.24, 2.45) is 5.41 Å². The molecule has 0 radical (unpaired) electrons. The number of carbonyl (C=O) groups excluding carboxylic acids is 2. The van der Waals surface area contributed by atoms with Gasteiger partial charge in [0.15, 0.2) is 6.29 Å². The quantitative estimate of drug-likeness (QED) is 0.821. The van der Waals surface area contributed by atoms with Crippen LogP contribution in [0.15, 0.2) is 0 Å². The zero-order valence-corrected chi connectivity index (χ0v) is 10.3. The first-order valence-electron chi connectivity index (χ1n) is 5.37. The Morgan fingerprint density at radius 2 is 2.12 bits per heavy atom. The van der Waals surface area contributed by atoms with Crippen LogP contribution < -0.4 is 5.32 Å². The number of hydrogen-bond acceptors (Lipinski definition) is 3. The summed E-state index contributed by atoms with van der Waals surface area (Å²) in [6, 6.07) is 0. The second kappa shape index (κ2) is 4.01. The molecule has 1 amide bonds. The minimum absolute atomic E-state index is 0.254. The number of anilines is 1.